The van der Waals surface area contributed by atoms with Crippen molar-refractivity contribution in [3.63, 3.8) is 0 Å². The molecule has 3 aromatic heterocycles. The van der Waals surface area contributed by atoms with Crippen molar-refractivity contribution in [3.05, 3.63) is 53.8 Å². The Hall–Kier alpha value is -2.54. The number of hydrogen-bond donors (Lipinski definition) is 1. The molecule has 4 heterocycles. The fraction of sp³-hybridized carbons (Fsp3) is 0.294. The topological polar surface area (TPSA) is 72.7 Å². The van der Waals surface area contributed by atoms with Gasteiger partial charge >= 0.3 is 0 Å². The van der Waals surface area contributed by atoms with Gasteiger partial charge in [0.05, 0.1) is 12.1 Å². The van der Waals surface area contributed by atoms with E-state index in [2.05, 4.69) is 24.8 Å². The molecular weight excluding hydrogens is 322 g/mol. The first kappa shape index (κ1) is 15.0. The molecule has 0 saturated heterocycles. The number of nitrogens with one attached hydrogen (secondary N) is 1. The Balaban J connectivity index is 1.36. The minimum absolute atomic E-state index is 0.0200. The Labute approximate surface area is 143 Å². The summed E-state index contributed by atoms with van der Waals surface area (Å²) in [6.07, 6.45) is 9.45. The third-order valence-corrected chi connectivity index (χ3v) is 5.04. The number of rotatable bonds is 4. The average molecular weight is 339 g/mol. The molecule has 0 aromatic carbocycles. The maximum absolute atomic E-state index is 12.3. The van der Waals surface area contributed by atoms with Gasteiger partial charge in [-0.2, -0.15) is 0 Å². The highest BCUT2D eigenvalue weighted by molar-refractivity contribution is 7.13. The van der Waals surface area contributed by atoms with E-state index >= 15 is 0 Å². The average Bonchev–Trinajstić information content (AvgIpc) is 3.24. The number of imidazole rings is 1. The predicted molar refractivity (Wildman–Crippen MR) is 91.5 cm³/mol. The standard InChI is InChI=1S/C17H17N5OS/c23-16(20-13-3-4-15-19-6-7-22(15)10-13)8-14-11-24-17(21-14)12-2-1-5-18-9-12/h1-2,5-7,9,11,13H,3-4,8,10H2,(H,20,23)/t13-/m0/s1. The molecule has 7 heteroatoms. The lowest BCUT2D eigenvalue weighted by Gasteiger charge is -2.24. The summed E-state index contributed by atoms with van der Waals surface area (Å²) in [6.45, 7) is 0.791. The highest BCUT2D eigenvalue weighted by Gasteiger charge is 2.20. The zero-order valence-corrected chi connectivity index (χ0v) is 13.9. The van der Waals surface area contributed by atoms with Crippen molar-refractivity contribution >= 4 is 17.2 Å². The molecule has 1 N–H and O–H groups in total. The number of pyridine rings is 1. The molecule has 0 spiro atoms. The van der Waals surface area contributed by atoms with Crippen molar-refractivity contribution in [3.8, 4) is 10.6 Å². The summed E-state index contributed by atoms with van der Waals surface area (Å²) < 4.78 is 2.11. The molecule has 0 aliphatic carbocycles. The SMILES string of the molecule is O=C(Cc1csc(-c2cccnc2)n1)N[C@H]1CCc2nccn2C1. The summed E-state index contributed by atoms with van der Waals surface area (Å²) in [6, 6.07) is 4.02. The van der Waals surface area contributed by atoms with Gasteiger partial charge in [0.2, 0.25) is 5.91 Å². The van der Waals surface area contributed by atoms with E-state index in [1.165, 1.54) is 11.3 Å². The van der Waals surface area contributed by atoms with E-state index in [-0.39, 0.29) is 11.9 Å². The molecule has 24 heavy (non-hydrogen) atoms. The molecule has 0 fully saturated rings. The van der Waals surface area contributed by atoms with E-state index in [9.17, 15) is 4.79 Å². The molecule has 0 saturated carbocycles. The molecule has 0 bridgehead atoms. The van der Waals surface area contributed by atoms with Crippen molar-refractivity contribution in [2.75, 3.05) is 0 Å². The molecular formula is C17H17N5OS. The maximum Gasteiger partial charge on any atom is 0.226 e. The van der Waals surface area contributed by atoms with Crippen molar-refractivity contribution < 1.29 is 4.79 Å². The summed E-state index contributed by atoms with van der Waals surface area (Å²) in [7, 11) is 0. The number of aryl methyl sites for hydroxylation is 1. The van der Waals surface area contributed by atoms with Crippen LogP contribution >= 0.6 is 11.3 Å². The second kappa shape index (κ2) is 6.52. The van der Waals surface area contributed by atoms with Crippen LogP contribution in [-0.2, 0) is 24.2 Å². The van der Waals surface area contributed by atoms with E-state index < -0.39 is 0 Å². The van der Waals surface area contributed by atoms with E-state index in [0.717, 1.165) is 41.5 Å². The fourth-order valence-corrected chi connectivity index (χ4v) is 3.75. The van der Waals surface area contributed by atoms with Crippen LogP contribution in [-0.4, -0.2) is 31.5 Å². The van der Waals surface area contributed by atoms with E-state index in [1.54, 1.807) is 12.4 Å². The summed E-state index contributed by atoms with van der Waals surface area (Å²) in [5, 5.41) is 5.95. The second-order valence-electron chi connectivity index (χ2n) is 5.86. The third kappa shape index (κ3) is 3.21. The number of carbonyl (C=O) groups excluding carboxylic acids is 1. The molecule has 1 aliphatic heterocycles. The van der Waals surface area contributed by atoms with Crippen molar-refractivity contribution in [1.82, 2.24) is 24.8 Å². The van der Waals surface area contributed by atoms with Crippen molar-refractivity contribution in [1.29, 1.82) is 0 Å². The number of carbonyl (C=O) groups is 1. The summed E-state index contributed by atoms with van der Waals surface area (Å²) in [5.74, 6) is 1.12. The van der Waals surface area contributed by atoms with Gasteiger partial charge in [0.25, 0.3) is 0 Å². The predicted octanol–water partition coefficient (Wildman–Crippen LogP) is 2.08. The normalized spacial score (nSPS) is 16.6. The highest BCUT2D eigenvalue weighted by atomic mass is 32.1. The smallest absolute Gasteiger partial charge is 0.226 e. The van der Waals surface area contributed by atoms with Crippen LogP contribution in [0.1, 0.15) is 17.9 Å². The minimum Gasteiger partial charge on any atom is -0.351 e. The summed E-state index contributed by atoms with van der Waals surface area (Å²) in [4.78, 5) is 25.2. The Morgan fingerprint density at radius 1 is 1.42 bits per heavy atom. The van der Waals surface area contributed by atoms with Crippen LogP contribution in [0.5, 0.6) is 0 Å². The van der Waals surface area contributed by atoms with Gasteiger partial charge in [-0.1, -0.05) is 0 Å². The zero-order chi connectivity index (χ0) is 16.4. The first-order valence-corrected chi connectivity index (χ1v) is 8.80. The molecule has 0 radical (unpaired) electrons. The first-order valence-electron chi connectivity index (χ1n) is 7.92. The quantitative estimate of drug-likeness (QED) is 0.790. The third-order valence-electron chi connectivity index (χ3n) is 4.10. The number of nitrogens with zero attached hydrogens (tertiary/aromatic N) is 4. The van der Waals surface area contributed by atoms with Crippen LogP contribution in [0.15, 0.2) is 42.3 Å². The van der Waals surface area contributed by atoms with E-state index in [1.807, 2.05) is 29.9 Å². The number of fused-ring (bicyclic) bond motifs is 1. The second-order valence-corrected chi connectivity index (χ2v) is 6.72. The Bertz CT molecular complexity index is 842. The van der Waals surface area contributed by atoms with Crippen LogP contribution in [0, 0.1) is 0 Å². The van der Waals surface area contributed by atoms with Crippen LogP contribution in [0.3, 0.4) is 0 Å². The molecule has 4 rings (SSSR count). The summed E-state index contributed by atoms with van der Waals surface area (Å²) in [5.41, 5.74) is 1.78. The van der Waals surface area contributed by atoms with Gasteiger partial charge in [0.1, 0.15) is 10.8 Å². The van der Waals surface area contributed by atoms with Gasteiger partial charge in [0.15, 0.2) is 0 Å². The van der Waals surface area contributed by atoms with Crippen molar-refractivity contribution in [2.24, 2.45) is 0 Å². The summed E-state index contributed by atoms with van der Waals surface area (Å²) >= 11 is 1.54. The highest BCUT2D eigenvalue weighted by Crippen LogP contribution is 2.22. The maximum atomic E-state index is 12.3. The van der Waals surface area contributed by atoms with Crippen LogP contribution in [0.25, 0.3) is 10.6 Å². The molecule has 6 nitrogen and oxygen atoms in total. The van der Waals surface area contributed by atoms with Gasteiger partial charge < -0.3 is 9.88 Å². The van der Waals surface area contributed by atoms with Gasteiger partial charge in [0, 0.05) is 54.7 Å². The number of hydrogen-bond acceptors (Lipinski definition) is 5. The monoisotopic (exact) mass is 339 g/mol. The lowest BCUT2D eigenvalue weighted by Crippen LogP contribution is -2.41. The fourth-order valence-electron chi connectivity index (χ4n) is 2.94. The van der Waals surface area contributed by atoms with E-state index in [4.69, 9.17) is 0 Å². The first-order chi connectivity index (χ1) is 11.8. The number of thiazole rings is 1. The molecule has 3 aromatic rings. The van der Waals surface area contributed by atoms with Crippen LogP contribution < -0.4 is 5.32 Å². The van der Waals surface area contributed by atoms with Crippen molar-refractivity contribution in [2.45, 2.75) is 31.8 Å². The Kier molecular flexibility index (Phi) is 4.08. The molecule has 0 unspecified atom stereocenters. The van der Waals surface area contributed by atoms with Gasteiger partial charge in [-0.15, -0.1) is 11.3 Å². The Morgan fingerprint density at radius 3 is 3.25 bits per heavy atom. The van der Waals surface area contributed by atoms with Crippen LogP contribution in [0.4, 0.5) is 0 Å². The Morgan fingerprint density at radius 2 is 2.38 bits per heavy atom. The zero-order valence-electron chi connectivity index (χ0n) is 13.1. The van der Waals surface area contributed by atoms with E-state index in [0.29, 0.717) is 6.42 Å². The van der Waals surface area contributed by atoms with Crippen LogP contribution in [0.2, 0.25) is 0 Å². The molecule has 122 valence electrons. The van der Waals surface area contributed by atoms with Gasteiger partial charge in [-0.3, -0.25) is 9.78 Å². The largest absolute Gasteiger partial charge is 0.351 e. The minimum atomic E-state index is 0.0200. The van der Waals surface area contributed by atoms with Gasteiger partial charge in [-0.25, -0.2) is 9.97 Å². The van der Waals surface area contributed by atoms with Gasteiger partial charge in [-0.05, 0) is 18.6 Å². The lowest BCUT2D eigenvalue weighted by atomic mass is 10.1. The number of amides is 1. The lowest BCUT2D eigenvalue weighted by molar-refractivity contribution is -0.121. The molecule has 1 amide bonds. The molecule has 1 atom stereocenters. The molecule has 1 aliphatic rings. The number of aromatic nitrogens is 4.